The molecule has 7 heteroatoms. The molecule has 2 atom stereocenters. The average molecular weight is 383 g/mol. The number of aromatic nitrogens is 1. The van der Waals surface area contributed by atoms with Crippen LogP contribution in [0.2, 0.25) is 0 Å². The van der Waals surface area contributed by atoms with Gasteiger partial charge in [-0.1, -0.05) is 0 Å². The summed E-state index contributed by atoms with van der Waals surface area (Å²) in [6.45, 7) is 1.73. The molecule has 6 nitrogen and oxygen atoms in total. The Kier molecular flexibility index (Phi) is 5.23. The lowest BCUT2D eigenvalue weighted by molar-refractivity contribution is -0.137. The molecule has 0 aliphatic carbocycles. The number of hydrogen-bond donors (Lipinski definition) is 0. The minimum atomic E-state index is -0.345. The van der Waals surface area contributed by atoms with Crippen LogP contribution in [0.5, 0.6) is 5.75 Å². The van der Waals surface area contributed by atoms with Crippen LogP contribution in [0, 0.1) is 11.7 Å². The van der Waals surface area contributed by atoms with E-state index >= 15 is 0 Å². The number of pyridine rings is 1. The molecular formula is C21H22FN3O3. The molecule has 2 bridgehead atoms. The van der Waals surface area contributed by atoms with Gasteiger partial charge in [-0.05, 0) is 55.2 Å². The highest BCUT2D eigenvalue weighted by Gasteiger charge is 2.38. The van der Waals surface area contributed by atoms with Gasteiger partial charge in [0, 0.05) is 43.6 Å². The van der Waals surface area contributed by atoms with E-state index in [0.29, 0.717) is 30.9 Å². The zero-order valence-electron chi connectivity index (χ0n) is 15.5. The Morgan fingerprint density at radius 3 is 2.54 bits per heavy atom. The predicted molar refractivity (Wildman–Crippen MR) is 100 cm³/mol. The fourth-order valence-electron chi connectivity index (χ4n) is 3.99. The van der Waals surface area contributed by atoms with Gasteiger partial charge in [-0.25, -0.2) is 4.39 Å². The first-order valence-electron chi connectivity index (χ1n) is 9.47. The van der Waals surface area contributed by atoms with Gasteiger partial charge in [0.05, 0.1) is 0 Å². The molecule has 4 heterocycles. The number of hydrogen-bond acceptors (Lipinski definition) is 4. The van der Waals surface area contributed by atoms with Crippen molar-refractivity contribution in [3.8, 4) is 5.75 Å². The van der Waals surface area contributed by atoms with Crippen LogP contribution in [-0.2, 0) is 4.79 Å². The first-order valence-corrected chi connectivity index (χ1v) is 9.47. The van der Waals surface area contributed by atoms with Crippen LogP contribution in [0.25, 0.3) is 0 Å². The largest absolute Gasteiger partial charge is 0.484 e. The third-order valence-electron chi connectivity index (χ3n) is 5.42. The normalized spacial score (nSPS) is 21.3. The SMILES string of the molecule is O=C(c1ccncc1)N1C[C@H]2CC[C@@H](C1)N(C(=O)COc1ccc(F)cc1)C2. The van der Waals surface area contributed by atoms with E-state index < -0.39 is 0 Å². The lowest BCUT2D eigenvalue weighted by Gasteiger charge is -2.36. The molecule has 28 heavy (non-hydrogen) atoms. The Morgan fingerprint density at radius 2 is 1.79 bits per heavy atom. The van der Waals surface area contributed by atoms with Crippen LogP contribution in [-0.4, -0.2) is 58.9 Å². The van der Waals surface area contributed by atoms with Crippen molar-refractivity contribution in [1.82, 2.24) is 14.8 Å². The first kappa shape index (κ1) is 18.4. The quantitative estimate of drug-likeness (QED) is 0.813. The summed E-state index contributed by atoms with van der Waals surface area (Å²) in [5, 5.41) is 0. The van der Waals surface area contributed by atoms with E-state index in [1.54, 1.807) is 24.5 Å². The van der Waals surface area contributed by atoms with Crippen LogP contribution in [0.3, 0.4) is 0 Å². The Bertz CT molecular complexity index is 844. The summed E-state index contributed by atoms with van der Waals surface area (Å²) in [5.74, 6) is 0.263. The smallest absolute Gasteiger partial charge is 0.260 e. The Balaban J connectivity index is 1.41. The number of benzene rings is 1. The van der Waals surface area contributed by atoms with E-state index in [9.17, 15) is 14.0 Å². The van der Waals surface area contributed by atoms with E-state index in [2.05, 4.69) is 4.98 Å². The molecule has 3 saturated heterocycles. The summed E-state index contributed by atoms with van der Waals surface area (Å²) in [7, 11) is 0. The maximum atomic E-state index is 13.0. The third-order valence-corrected chi connectivity index (χ3v) is 5.42. The second kappa shape index (κ2) is 7.96. The van der Waals surface area contributed by atoms with Crippen molar-refractivity contribution in [2.45, 2.75) is 18.9 Å². The number of amides is 2. The highest BCUT2D eigenvalue weighted by molar-refractivity contribution is 5.94. The number of piperidine rings is 1. The van der Waals surface area contributed by atoms with Gasteiger partial charge < -0.3 is 14.5 Å². The number of fused-ring (bicyclic) bond motifs is 4. The molecule has 1 aromatic heterocycles. The summed E-state index contributed by atoms with van der Waals surface area (Å²) in [6.07, 6.45) is 5.12. The highest BCUT2D eigenvalue weighted by atomic mass is 19.1. The van der Waals surface area contributed by atoms with E-state index in [1.807, 2.05) is 9.80 Å². The Morgan fingerprint density at radius 1 is 1.04 bits per heavy atom. The van der Waals surface area contributed by atoms with E-state index in [4.69, 9.17) is 4.74 Å². The number of rotatable bonds is 4. The van der Waals surface area contributed by atoms with Crippen LogP contribution >= 0.6 is 0 Å². The van der Waals surface area contributed by atoms with Gasteiger partial charge in [-0.2, -0.15) is 0 Å². The number of carbonyl (C=O) groups excluding carboxylic acids is 2. The molecule has 2 aromatic rings. The summed E-state index contributed by atoms with van der Waals surface area (Å²) in [4.78, 5) is 33.2. The van der Waals surface area contributed by atoms with Crippen molar-refractivity contribution in [3.05, 3.63) is 60.2 Å². The summed E-state index contributed by atoms with van der Waals surface area (Å²) in [6, 6.07) is 9.04. The van der Waals surface area contributed by atoms with Gasteiger partial charge in [0.2, 0.25) is 0 Å². The third kappa shape index (κ3) is 3.98. The maximum Gasteiger partial charge on any atom is 0.260 e. The molecule has 1 aromatic carbocycles. The molecule has 0 unspecified atom stereocenters. The van der Waals surface area contributed by atoms with Crippen molar-refractivity contribution in [2.75, 3.05) is 26.2 Å². The van der Waals surface area contributed by atoms with Crippen molar-refractivity contribution in [1.29, 1.82) is 0 Å². The van der Waals surface area contributed by atoms with Crippen LogP contribution in [0.1, 0.15) is 23.2 Å². The van der Waals surface area contributed by atoms with E-state index in [-0.39, 0.29) is 36.2 Å². The van der Waals surface area contributed by atoms with Crippen molar-refractivity contribution in [3.63, 3.8) is 0 Å². The predicted octanol–water partition coefficient (Wildman–Crippen LogP) is 2.36. The Labute approximate surface area is 162 Å². The number of nitrogens with zero attached hydrogens (tertiary/aromatic N) is 3. The molecule has 0 saturated carbocycles. The maximum absolute atomic E-state index is 13.0. The lowest BCUT2D eigenvalue weighted by Crippen LogP contribution is -2.49. The monoisotopic (exact) mass is 383 g/mol. The van der Waals surface area contributed by atoms with E-state index in [0.717, 1.165) is 12.8 Å². The van der Waals surface area contributed by atoms with Crippen molar-refractivity contribution in [2.24, 2.45) is 5.92 Å². The molecule has 0 radical (unpaired) electrons. The summed E-state index contributed by atoms with van der Waals surface area (Å²) >= 11 is 0. The standard InChI is InChI=1S/C21H22FN3O3/c22-17-2-5-19(6-3-17)28-14-20(26)25-12-15-1-4-18(25)13-24(11-15)21(27)16-7-9-23-10-8-16/h2-3,5-10,15,18H,1,4,11-14H2/t15-,18+/m1/s1. The molecule has 0 spiro atoms. The van der Waals surface area contributed by atoms with Crippen LogP contribution in [0.4, 0.5) is 4.39 Å². The first-order chi connectivity index (χ1) is 13.6. The van der Waals surface area contributed by atoms with Gasteiger partial charge in [0.15, 0.2) is 6.61 Å². The van der Waals surface area contributed by atoms with Crippen LogP contribution < -0.4 is 4.74 Å². The van der Waals surface area contributed by atoms with Gasteiger partial charge >= 0.3 is 0 Å². The molecule has 2 amide bonds. The highest BCUT2D eigenvalue weighted by Crippen LogP contribution is 2.29. The summed E-state index contributed by atoms with van der Waals surface area (Å²) in [5.41, 5.74) is 0.619. The second-order valence-corrected chi connectivity index (χ2v) is 7.33. The van der Waals surface area contributed by atoms with Gasteiger partial charge in [-0.15, -0.1) is 0 Å². The fourth-order valence-corrected chi connectivity index (χ4v) is 3.99. The molecule has 3 fully saturated rings. The average Bonchev–Trinajstić information content (AvgIpc) is 3.05. The summed E-state index contributed by atoms with van der Waals surface area (Å²) < 4.78 is 18.5. The zero-order valence-corrected chi connectivity index (χ0v) is 15.5. The lowest BCUT2D eigenvalue weighted by atomic mass is 9.95. The number of carbonyl (C=O) groups is 2. The molecule has 3 aliphatic heterocycles. The molecule has 0 N–H and O–H groups in total. The molecule has 5 rings (SSSR count). The van der Waals surface area contributed by atoms with Gasteiger partial charge in [0.1, 0.15) is 11.6 Å². The fraction of sp³-hybridized carbons (Fsp3) is 0.381. The number of ether oxygens (including phenoxy) is 1. The Hall–Kier alpha value is -2.96. The zero-order chi connectivity index (χ0) is 19.5. The second-order valence-electron chi connectivity index (χ2n) is 7.33. The van der Waals surface area contributed by atoms with Crippen molar-refractivity contribution < 1.29 is 18.7 Å². The topological polar surface area (TPSA) is 62.7 Å². The molecular weight excluding hydrogens is 361 g/mol. The minimum absolute atomic E-state index is 0.00569. The van der Waals surface area contributed by atoms with Crippen molar-refractivity contribution >= 4 is 11.8 Å². The molecule has 3 aliphatic rings. The van der Waals surface area contributed by atoms with Gasteiger partial charge in [-0.3, -0.25) is 14.6 Å². The molecule has 146 valence electrons. The number of halogens is 1. The van der Waals surface area contributed by atoms with Crippen LogP contribution in [0.15, 0.2) is 48.8 Å². The van der Waals surface area contributed by atoms with Gasteiger partial charge in [0.25, 0.3) is 11.8 Å². The minimum Gasteiger partial charge on any atom is -0.484 e. The van der Waals surface area contributed by atoms with E-state index in [1.165, 1.54) is 24.3 Å².